The molecule has 1 fully saturated rings. The number of aryl methyl sites for hydroxylation is 2. The molecule has 3 rings (SSSR count). The van der Waals surface area contributed by atoms with E-state index in [1.165, 1.54) is 10.8 Å². The van der Waals surface area contributed by atoms with Crippen LogP contribution < -0.4 is 11.2 Å². The van der Waals surface area contributed by atoms with Gasteiger partial charge in [0.05, 0.1) is 18.2 Å². The minimum atomic E-state index is -1.09. The molecule has 0 aromatic carbocycles. The quantitative estimate of drug-likeness (QED) is 0.809. The summed E-state index contributed by atoms with van der Waals surface area (Å²) in [6.45, 7) is 5.19. The van der Waals surface area contributed by atoms with Crippen LogP contribution in [-0.2, 0) is 13.6 Å². The van der Waals surface area contributed by atoms with Crippen molar-refractivity contribution in [2.45, 2.75) is 38.5 Å². The van der Waals surface area contributed by atoms with Crippen LogP contribution in [0.4, 0.5) is 0 Å². The molecule has 2 aromatic rings. The SMILES string of the molecule is Cc1cn([C@H]2CCN(Cc3nccn3C)C[C@]2(C)O)c(=O)[nH]c1=O. The predicted molar refractivity (Wildman–Crippen MR) is 88.8 cm³/mol. The molecule has 8 nitrogen and oxygen atoms in total. The number of β-amino-alcohol motifs (C(OH)–C–C–N with tert-alkyl or cyclic N) is 1. The average Bonchev–Trinajstić information content (AvgIpc) is 2.88. The Morgan fingerprint density at radius 2 is 2.21 bits per heavy atom. The van der Waals surface area contributed by atoms with Crippen molar-refractivity contribution in [2.75, 3.05) is 13.1 Å². The van der Waals surface area contributed by atoms with Crippen LogP contribution in [0, 0.1) is 6.92 Å². The molecule has 2 atom stereocenters. The van der Waals surface area contributed by atoms with Crippen LogP contribution >= 0.6 is 0 Å². The van der Waals surface area contributed by atoms with Crippen molar-refractivity contribution in [3.63, 3.8) is 0 Å². The predicted octanol–water partition coefficient (Wildman–Crippen LogP) is -0.223. The van der Waals surface area contributed by atoms with E-state index in [0.29, 0.717) is 25.1 Å². The van der Waals surface area contributed by atoms with Gasteiger partial charge in [0.15, 0.2) is 0 Å². The molecule has 2 N–H and O–H groups in total. The van der Waals surface area contributed by atoms with Crippen molar-refractivity contribution in [3.05, 3.63) is 50.8 Å². The number of aliphatic hydroxyl groups is 1. The zero-order chi connectivity index (χ0) is 17.5. The Balaban J connectivity index is 1.82. The van der Waals surface area contributed by atoms with Crippen LogP contribution in [0.2, 0.25) is 0 Å². The minimum Gasteiger partial charge on any atom is -0.387 e. The zero-order valence-corrected chi connectivity index (χ0v) is 14.2. The third-order valence-electron chi connectivity index (χ3n) is 4.75. The normalized spacial score (nSPS) is 25.1. The Morgan fingerprint density at radius 1 is 1.46 bits per heavy atom. The summed E-state index contributed by atoms with van der Waals surface area (Å²) in [5, 5.41) is 10.9. The summed E-state index contributed by atoms with van der Waals surface area (Å²) in [4.78, 5) is 32.4. The van der Waals surface area contributed by atoms with Gasteiger partial charge in [-0.25, -0.2) is 9.78 Å². The number of nitrogens with zero attached hydrogens (tertiary/aromatic N) is 4. The first kappa shape index (κ1) is 16.7. The van der Waals surface area contributed by atoms with Crippen LogP contribution in [0.15, 0.2) is 28.2 Å². The number of aromatic nitrogens is 4. The van der Waals surface area contributed by atoms with Crippen molar-refractivity contribution in [1.29, 1.82) is 0 Å². The molecule has 0 aliphatic carbocycles. The monoisotopic (exact) mass is 333 g/mol. The third kappa shape index (κ3) is 3.07. The van der Waals surface area contributed by atoms with E-state index in [-0.39, 0.29) is 11.6 Å². The smallest absolute Gasteiger partial charge is 0.328 e. The first-order valence-corrected chi connectivity index (χ1v) is 8.01. The molecule has 3 heterocycles. The molecule has 2 aromatic heterocycles. The standard InChI is InChI=1S/C16H23N5O3/c1-11-8-21(15(23)18-14(11)22)12-4-6-20(10-16(12,2)24)9-13-17-5-7-19(13)3/h5,7-8,12,24H,4,6,9-10H2,1-3H3,(H,18,22,23)/t12-,16-/m0/s1. The number of aromatic amines is 1. The largest absolute Gasteiger partial charge is 0.387 e. The van der Waals surface area contributed by atoms with Gasteiger partial charge in [-0.3, -0.25) is 19.2 Å². The van der Waals surface area contributed by atoms with Gasteiger partial charge >= 0.3 is 5.69 Å². The maximum absolute atomic E-state index is 12.1. The molecule has 0 spiro atoms. The number of hydrogen-bond acceptors (Lipinski definition) is 5. The van der Waals surface area contributed by atoms with Gasteiger partial charge in [-0.2, -0.15) is 0 Å². The van der Waals surface area contributed by atoms with E-state index in [0.717, 1.165) is 12.4 Å². The molecule has 24 heavy (non-hydrogen) atoms. The molecular weight excluding hydrogens is 310 g/mol. The minimum absolute atomic E-state index is 0.377. The maximum atomic E-state index is 12.1. The summed E-state index contributed by atoms with van der Waals surface area (Å²) in [5.41, 5.74) is -1.49. The molecule has 0 unspecified atom stereocenters. The van der Waals surface area contributed by atoms with Gasteiger partial charge in [-0.1, -0.05) is 0 Å². The molecule has 0 amide bonds. The van der Waals surface area contributed by atoms with E-state index >= 15 is 0 Å². The van der Waals surface area contributed by atoms with Crippen molar-refractivity contribution in [3.8, 4) is 0 Å². The Kier molecular flexibility index (Phi) is 4.18. The first-order chi connectivity index (χ1) is 11.3. The van der Waals surface area contributed by atoms with Gasteiger partial charge < -0.3 is 9.67 Å². The van der Waals surface area contributed by atoms with Crippen LogP contribution in [0.5, 0.6) is 0 Å². The highest BCUT2D eigenvalue weighted by atomic mass is 16.3. The number of hydrogen-bond donors (Lipinski definition) is 2. The van der Waals surface area contributed by atoms with Gasteiger partial charge in [0.25, 0.3) is 5.56 Å². The van der Waals surface area contributed by atoms with E-state index in [9.17, 15) is 14.7 Å². The van der Waals surface area contributed by atoms with Crippen LogP contribution in [0.25, 0.3) is 0 Å². The molecule has 0 radical (unpaired) electrons. The molecule has 8 heteroatoms. The van der Waals surface area contributed by atoms with E-state index in [1.807, 2.05) is 17.8 Å². The van der Waals surface area contributed by atoms with E-state index < -0.39 is 11.3 Å². The average molecular weight is 333 g/mol. The molecule has 0 saturated carbocycles. The second kappa shape index (κ2) is 6.03. The number of H-pyrrole nitrogens is 1. The molecule has 1 aliphatic heterocycles. The van der Waals surface area contributed by atoms with Gasteiger partial charge in [-0.15, -0.1) is 0 Å². The highest BCUT2D eigenvalue weighted by Crippen LogP contribution is 2.31. The summed E-state index contributed by atoms with van der Waals surface area (Å²) in [5.74, 6) is 0.932. The van der Waals surface area contributed by atoms with Gasteiger partial charge in [0.2, 0.25) is 0 Å². The van der Waals surface area contributed by atoms with Gasteiger partial charge in [0, 0.05) is 44.3 Å². The van der Waals surface area contributed by atoms with Crippen molar-refractivity contribution >= 4 is 0 Å². The van der Waals surface area contributed by atoms with Gasteiger partial charge in [-0.05, 0) is 20.3 Å². The summed E-state index contributed by atoms with van der Waals surface area (Å²) in [6, 6.07) is -0.377. The van der Waals surface area contributed by atoms with Crippen LogP contribution in [0.1, 0.15) is 30.8 Å². The Labute approximate surface area is 139 Å². The number of nitrogens with one attached hydrogen (secondary N) is 1. The summed E-state index contributed by atoms with van der Waals surface area (Å²) < 4.78 is 3.41. The van der Waals surface area contributed by atoms with Gasteiger partial charge in [0.1, 0.15) is 5.82 Å². The Bertz CT molecular complexity index is 848. The summed E-state index contributed by atoms with van der Waals surface area (Å²) in [6.07, 6.45) is 5.79. The fourth-order valence-corrected chi connectivity index (χ4v) is 3.39. The lowest BCUT2D eigenvalue weighted by molar-refractivity contribution is -0.0610. The topological polar surface area (TPSA) is 96.2 Å². The molecule has 1 aliphatic rings. The third-order valence-corrected chi connectivity index (χ3v) is 4.75. The molecule has 0 bridgehead atoms. The Hall–Kier alpha value is -2.19. The van der Waals surface area contributed by atoms with E-state index in [2.05, 4.69) is 14.9 Å². The Morgan fingerprint density at radius 3 is 2.83 bits per heavy atom. The fraction of sp³-hybridized carbons (Fsp3) is 0.562. The molecule has 130 valence electrons. The number of piperidine rings is 1. The van der Waals surface area contributed by atoms with Crippen LogP contribution in [-0.4, -0.2) is 47.8 Å². The van der Waals surface area contributed by atoms with E-state index in [4.69, 9.17) is 0 Å². The first-order valence-electron chi connectivity index (χ1n) is 8.01. The lowest BCUT2D eigenvalue weighted by Crippen LogP contribution is -2.54. The van der Waals surface area contributed by atoms with Crippen molar-refractivity contribution < 1.29 is 5.11 Å². The summed E-state index contributed by atoms with van der Waals surface area (Å²) in [7, 11) is 1.94. The number of imidazole rings is 1. The lowest BCUT2D eigenvalue weighted by atomic mass is 9.88. The lowest BCUT2D eigenvalue weighted by Gasteiger charge is -2.43. The van der Waals surface area contributed by atoms with Crippen LogP contribution in [0.3, 0.4) is 0 Å². The zero-order valence-electron chi connectivity index (χ0n) is 14.2. The molecular formula is C16H23N5O3. The number of rotatable bonds is 3. The van der Waals surface area contributed by atoms with Crippen molar-refractivity contribution in [2.24, 2.45) is 7.05 Å². The maximum Gasteiger partial charge on any atom is 0.328 e. The highest BCUT2D eigenvalue weighted by molar-refractivity contribution is 5.05. The van der Waals surface area contributed by atoms with E-state index in [1.54, 1.807) is 20.0 Å². The summed E-state index contributed by atoms with van der Waals surface area (Å²) >= 11 is 0. The fourth-order valence-electron chi connectivity index (χ4n) is 3.39. The second-order valence-corrected chi connectivity index (χ2v) is 6.81. The highest BCUT2D eigenvalue weighted by Gasteiger charge is 2.39. The molecule has 1 saturated heterocycles. The number of likely N-dealkylation sites (tertiary alicyclic amines) is 1. The second-order valence-electron chi connectivity index (χ2n) is 6.81. The van der Waals surface area contributed by atoms with Crippen molar-refractivity contribution in [1.82, 2.24) is 24.0 Å².